The molecule has 0 heterocycles. The van der Waals surface area contributed by atoms with Crippen molar-refractivity contribution in [3.05, 3.63) is 46.7 Å². The average Bonchev–Trinajstić information content (AvgIpc) is 2.76. The number of likely N-dealkylation sites (N-methyl/N-ethyl adjacent to an activating group) is 1. The fraction of sp³-hybridized carbons (Fsp3) is 0.583. The zero-order valence-electron chi connectivity index (χ0n) is 17.3. The Labute approximate surface area is 169 Å². The Hall–Kier alpha value is -2.28. The molecule has 4 nitrogen and oxygen atoms in total. The lowest BCUT2D eigenvalue weighted by molar-refractivity contribution is -0.128. The van der Waals surface area contributed by atoms with E-state index < -0.39 is 0 Å². The third-order valence-electron chi connectivity index (χ3n) is 6.41. The third kappa shape index (κ3) is 4.76. The summed E-state index contributed by atoms with van der Waals surface area (Å²) >= 11 is 0. The number of aryl methyl sites for hydroxylation is 2. The molecule has 1 N–H and O–H groups in total. The number of fused-ring (bicyclic) bond motifs is 1. The fourth-order valence-corrected chi connectivity index (χ4v) is 4.57. The van der Waals surface area contributed by atoms with Crippen molar-refractivity contribution in [2.24, 2.45) is 0 Å². The van der Waals surface area contributed by atoms with E-state index in [4.69, 9.17) is 0 Å². The van der Waals surface area contributed by atoms with Gasteiger partial charge in [-0.05, 0) is 61.6 Å². The molecule has 0 bridgehead atoms. The van der Waals surface area contributed by atoms with Gasteiger partial charge >= 0.3 is 0 Å². The van der Waals surface area contributed by atoms with Gasteiger partial charge in [-0.3, -0.25) is 4.79 Å². The normalized spacial score (nSPS) is 18.7. The Bertz CT molecular complexity index is 756. The van der Waals surface area contributed by atoms with E-state index in [2.05, 4.69) is 36.5 Å². The van der Waals surface area contributed by atoms with Crippen molar-refractivity contribution in [3.63, 3.8) is 0 Å². The minimum absolute atomic E-state index is 0.114. The number of benzene rings is 1. The van der Waals surface area contributed by atoms with E-state index in [0.717, 1.165) is 25.7 Å². The first-order chi connectivity index (χ1) is 13.6. The molecule has 4 heteroatoms. The molecule has 2 aliphatic carbocycles. The van der Waals surface area contributed by atoms with Crippen LogP contribution in [-0.2, 0) is 17.6 Å². The SMILES string of the molecule is CCC(N/C=C(/C#N)C(=O)N(C)C1CCCCC1)c1ccc2c(c1)CCCC2. The van der Waals surface area contributed by atoms with Gasteiger partial charge in [-0.1, -0.05) is 44.4 Å². The van der Waals surface area contributed by atoms with Crippen LogP contribution < -0.4 is 5.32 Å². The summed E-state index contributed by atoms with van der Waals surface area (Å²) in [5.74, 6) is -0.165. The van der Waals surface area contributed by atoms with Gasteiger partial charge in [-0.2, -0.15) is 5.26 Å². The maximum absolute atomic E-state index is 12.8. The Kier molecular flexibility index (Phi) is 7.14. The second-order valence-electron chi connectivity index (χ2n) is 8.24. The number of rotatable bonds is 6. The summed E-state index contributed by atoms with van der Waals surface area (Å²) in [4.78, 5) is 14.6. The fourth-order valence-electron chi connectivity index (χ4n) is 4.57. The van der Waals surface area contributed by atoms with E-state index in [-0.39, 0.29) is 23.6 Å². The van der Waals surface area contributed by atoms with Crippen molar-refractivity contribution in [2.75, 3.05) is 7.05 Å². The zero-order valence-corrected chi connectivity index (χ0v) is 17.3. The number of nitrogens with one attached hydrogen (secondary N) is 1. The number of hydrogen-bond donors (Lipinski definition) is 1. The maximum atomic E-state index is 12.8. The molecule has 1 unspecified atom stereocenters. The number of carbonyl (C=O) groups is 1. The van der Waals surface area contributed by atoms with Crippen molar-refractivity contribution in [2.45, 2.75) is 83.2 Å². The highest BCUT2D eigenvalue weighted by Gasteiger charge is 2.24. The Morgan fingerprint density at radius 3 is 2.61 bits per heavy atom. The molecule has 0 saturated heterocycles. The molecule has 3 rings (SSSR count). The molecule has 1 aromatic carbocycles. The van der Waals surface area contributed by atoms with Crippen LogP contribution in [0.1, 0.15) is 81.0 Å². The summed E-state index contributed by atoms with van der Waals surface area (Å²) in [7, 11) is 1.84. The summed E-state index contributed by atoms with van der Waals surface area (Å²) < 4.78 is 0. The van der Waals surface area contributed by atoms with Crippen molar-refractivity contribution in [1.29, 1.82) is 5.26 Å². The van der Waals surface area contributed by atoms with Crippen LogP contribution in [0.3, 0.4) is 0 Å². The van der Waals surface area contributed by atoms with E-state index in [1.165, 1.54) is 55.2 Å². The standard InChI is InChI=1S/C24H33N3O/c1-3-23(20-14-13-18-9-7-8-10-19(18)15-20)26-17-21(16-25)24(28)27(2)22-11-5-4-6-12-22/h13-15,17,22-23,26H,3-12H2,1-2H3/b21-17-. The molecule has 0 aromatic heterocycles. The van der Waals surface area contributed by atoms with Gasteiger partial charge in [-0.25, -0.2) is 0 Å². The number of hydrogen-bond acceptors (Lipinski definition) is 3. The maximum Gasteiger partial charge on any atom is 0.265 e. The average molecular weight is 380 g/mol. The van der Waals surface area contributed by atoms with Crippen molar-refractivity contribution in [3.8, 4) is 6.07 Å². The van der Waals surface area contributed by atoms with Gasteiger partial charge in [0.1, 0.15) is 11.6 Å². The molecule has 1 amide bonds. The van der Waals surface area contributed by atoms with E-state index >= 15 is 0 Å². The number of amides is 1. The first-order valence-electron chi connectivity index (χ1n) is 10.9. The highest BCUT2D eigenvalue weighted by atomic mass is 16.2. The van der Waals surface area contributed by atoms with E-state index in [0.29, 0.717) is 0 Å². The van der Waals surface area contributed by atoms with Crippen LogP contribution in [0.15, 0.2) is 30.0 Å². The Morgan fingerprint density at radius 1 is 1.21 bits per heavy atom. The minimum Gasteiger partial charge on any atom is -0.383 e. The topological polar surface area (TPSA) is 56.1 Å². The molecule has 150 valence electrons. The summed E-state index contributed by atoms with van der Waals surface area (Å²) in [6, 6.07) is 9.25. The van der Waals surface area contributed by atoms with Crippen LogP contribution in [0.2, 0.25) is 0 Å². The largest absolute Gasteiger partial charge is 0.383 e. The minimum atomic E-state index is -0.165. The number of nitriles is 1. The van der Waals surface area contributed by atoms with Gasteiger partial charge in [-0.15, -0.1) is 0 Å². The molecular weight excluding hydrogens is 346 g/mol. The van der Waals surface area contributed by atoms with Crippen LogP contribution in [0.4, 0.5) is 0 Å². The molecule has 2 aliphatic rings. The first-order valence-corrected chi connectivity index (χ1v) is 10.9. The van der Waals surface area contributed by atoms with E-state index in [1.54, 1.807) is 11.1 Å². The van der Waals surface area contributed by atoms with Crippen LogP contribution in [0, 0.1) is 11.3 Å². The Balaban J connectivity index is 1.69. The molecule has 1 fully saturated rings. The zero-order chi connectivity index (χ0) is 19.9. The van der Waals surface area contributed by atoms with Gasteiger partial charge < -0.3 is 10.2 Å². The van der Waals surface area contributed by atoms with Crippen LogP contribution in [-0.4, -0.2) is 23.9 Å². The Morgan fingerprint density at radius 2 is 1.93 bits per heavy atom. The summed E-state index contributed by atoms with van der Waals surface area (Å²) in [5, 5.41) is 12.9. The molecule has 0 spiro atoms. The molecular formula is C24H33N3O. The van der Waals surface area contributed by atoms with Crippen LogP contribution in [0.25, 0.3) is 0 Å². The molecule has 1 saturated carbocycles. The van der Waals surface area contributed by atoms with Gasteiger partial charge in [0.15, 0.2) is 0 Å². The van der Waals surface area contributed by atoms with Gasteiger partial charge in [0.2, 0.25) is 0 Å². The van der Waals surface area contributed by atoms with Crippen molar-refractivity contribution < 1.29 is 4.79 Å². The molecule has 0 aliphatic heterocycles. The van der Waals surface area contributed by atoms with E-state index in [9.17, 15) is 10.1 Å². The smallest absolute Gasteiger partial charge is 0.265 e. The predicted molar refractivity (Wildman–Crippen MR) is 113 cm³/mol. The lowest BCUT2D eigenvalue weighted by Gasteiger charge is -2.31. The second-order valence-corrected chi connectivity index (χ2v) is 8.24. The van der Waals surface area contributed by atoms with Crippen molar-refractivity contribution in [1.82, 2.24) is 10.2 Å². The van der Waals surface area contributed by atoms with Gasteiger partial charge in [0, 0.05) is 19.3 Å². The lowest BCUT2D eigenvalue weighted by Crippen LogP contribution is -2.39. The van der Waals surface area contributed by atoms with Crippen LogP contribution in [0.5, 0.6) is 0 Å². The quantitative estimate of drug-likeness (QED) is 0.570. The first kappa shape index (κ1) is 20.5. The summed E-state index contributed by atoms with van der Waals surface area (Å²) in [5.41, 5.74) is 4.37. The third-order valence-corrected chi connectivity index (χ3v) is 6.41. The van der Waals surface area contributed by atoms with Crippen molar-refractivity contribution >= 4 is 5.91 Å². The van der Waals surface area contributed by atoms with Gasteiger partial charge in [0.05, 0.1) is 6.04 Å². The summed E-state index contributed by atoms with van der Waals surface area (Å²) in [6.07, 6.45) is 13.1. The van der Waals surface area contributed by atoms with E-state index in [1.807, 2.05) is 7.05 Å². The molecule has 28 heavy (non-hydrogen) atoms. The lowest BCUT2D eigenvalue weighted by atomic mass is 9.89. The number of nitrogens with zero attached hydrogens (tertiary/aromatic N) is 2. The molecule has 1 atom stereocenters. The highest BCUT2D eigenvalue weighted by molar-refractivity contribution is 5.97. The second kappa shape index (κ2) is 9.78. The number of carbonyl (C=O) groups excluding carboxylic acids is 1. The van der Waals surface area contributed by atoms with Gasteiger partial charge in [0.25, 0.3) is 5.91 Å². The highest BCUT2D eigenvalue weighted by Crippen LogP contribution is 2.26. The molecule has 0 radical (unpaired) electrons. The molecule has 1 aromatic rings. The monoisotopic (exact) mass is 379 g/mol. The van der Waals surface area contributed by atoms with Crippen LogP contribution >= 0.6 is 0 Å². The predicted octanol–water partition coefficient (Wildman–Crippen LogP) is 4.80. The summed E-state index contributed by atoms with van der Waals surface area (Å²) in [6.45, 7) is 2.13.